The first-order valence-corrected chi connectivity index (χ1v) is 8.01. The first kappa shape index (κ1) is 15.3. The van der Waals surface area contributed by atoms with E-state index in [9.17, 15) is 8.78 Å². The first-order chi connectivity index (χ1) is 10.5. The Balaban J connectivity index is 1.74. The van der Waals surface area contributed by atoms with Crippen LogP contribution in [0.25, 0.3) is 0 Å². The van der Waals surface area contributed by atoms with Gasteiger partial charge in [-0.3, -0.25) is 4.99 Å². The highest BCUT2D eigenvalue weighted by Crippen LogP contribution is 2.50. The summed E-state index contributed by atoms with van der Waals surface area (Å²) in [5.74, 6) is 0.173. The van der Waals surface area contributed by atoms with Crippen LogP contribution in [0.15, 0.2) is 23.2 Å². The first-order valence-electron chi connectivity index (χ1n) is 8.01. The fourth-order valence-corrected chi connectivity index (χ4v) is 3.37. The molecule has 120 valence electrons. The van der Waals surface area contributed by atoms with Crippen LogP contribution in [0.1, 0.15) is 38.2 Å². The van der Waals surface area contributed by atoms with Crippen LogP contribution in [0.4, 0.5) is 8.78 Å². The highest BCUT2D eigenvalue weighted by molar-refractivity contribution is 5.78. The molecule has 1 saturated carbocycles. The van der Waals surface area contributed by atoms with Gasteiger partial charge in [-0.15, -0.1) is 0 Å². The lowest BCUT2D eigenvalue weighted by Crippen LogP contribution is -2.43. The fourth-order valence-electron chi connectivity index (χ4n) is 3.37. The second-order valence-electron chi connectivity index (χ2n) is 6.74. The van der Waals surface area contributed by atoms with Crippen molar-refractivity contribution in [3.63, 3.8) is 0 Å². The summed E-state index contributed by atoms with van der Waals surface area (Å²) in [5.41, 5.74) is 5.77. The van der Waals surface area contributed by atoms with Crippen LogP contribution >= 0.6 is 0 Å². The zero-order chi connectivity index (χ0) is 15.7. The van der Waals surface area contributed by atoms with Crippen LogP contribution in [0.3, 0.4) is 0 Å². The van der Waals surface area contributed by atoms with Crippen molar-refractivity contribution in [1.29, 1.82) is 0 Å². The summed E-state index contributed by atoms with van der Waals surface area (Å²) in [4.78, 5) is 6.55. The van der Waals surface area contributed by atoms with E-state index in [4.69, 9.17) is 5.73 Å². The summed E-state index contributed by atoms with van der Waals surface area (Å²) in [5, 5.41) is 0. The molecule has 2 N–H and O–H groups in total. The van der Waals surface area contributed by atoms with Gasteiger partial charge in [0.1, 0.15) is 11.6 Å². The van der Waals surface area contributed by atoms with Crippen molar-refractivity contribution in [3.8, 4) is 0 Å². The lowest BCUT2D eigenvalue weighted by Gasteiger charge is -2.32. The maximum absolute atomic E-state index is 14.0. The third-order valence-corrected chi connectivity index (χ3v) is 4.87. The molecule has 2 aliphatic rings. The number of guanidine groups is 1. The molecule has 1 heterocycles. The average Bonchev–Trinajstić information content (AvgIpc) is 3.25. The fraction of sp³-hybridized carbons (Fsp3) is 0.588. The number of likely N-dealkylation sites (tertiary alicyclic amines) is 1. The monoisotopic (exact) mass is 307 g/mol. The maximum atomic E-state index is 14.0. The molecule has 1 atom stereocenters. The molecule has 1 saturated heterocycles. The zero-order valence-corrected chi connectivity index (χ0v) is 13.0. The van der Waals surface area contributed by atoms with Crippen LogP contribution < -0.4 is 5.73 Å². The van der Waals surface area contributed by atoms with Crippen LogP contribution in [0.2, 0.25) is 0 Å². The third kappa shape index (κ3) is 2.94. The molecule has 22 heavy (non-hydrogen) atoms. The summed E-state index contributed by atoms with van der Waals surface area (Å²) >= 11 is 0. The summed E-state index contributed by atoms with van der Waals surface area (Å²) in [7, 11) is 0. The molecular weight excluding hydrogens is 284 g/mol. The molecule has 0 radical (unpaired) electrons. The van der Waals surface area contributed by atoms with Gasteiger partial charge >= 0.3 is 0 Å². The minimum Gasteiger partial charge on any atom is -0.370 e. The molecule has 1 aromatic carbocycles. The molecule has 1 aliphatic heterocycles. The Hall–Kier alpha value is -1.65. The molecule has 0 spiro atoms. The Morgan fingerprint density at radius 2 is 2.05 bits per heavy atom. The van der Waals surface area contributed by atoms with Gasteiger partial charge in [0.15, 0.2) is 5.96 Å². The number of nitrogens with two attached hydrogens (primary N) is 1. The molecule has 1 unspecified atom stereocenters. The van der Waals surface area contributed by atoms with E-state index < -0.39 is 17.0 Å². The standard InChI is InChI=1S/C17H23F2N3/c1-12-4-3-9-22(10-12)16(20)21-11-17(7-8-17)15-13(18)5-2-6-14(15)19/h2,5-6,12H,3-4,7-11H2,1H3,(H2,20,21). The Morgan fingerprint density at radius 1 is 1.36 bits per heavy atom. The predicted octanol–water partition coefficient (Wildman–Crippen LogP) is 3.04. The average molecular weight is 307 g/mol. The highest BCUT2D eigenvalue weighted by atomic mass is 19.1. The van der Waals surface area contributed by atoms with Gasteiger partial charge in [-0.2, -0.15) is 0 Å². The number of rotatable bonds is 3. The van der Waals surface area contributed by atoms with E-state index in [1.54, 1.807) is 0 Å². The molecule has 1 aliphatic carbocycles. The number of nitrogens with zero attached hydrogens (tertiary/aromatic N) is 2. The molecule has 3 nitrogen and oxygen atoms in total. The van der Waals surface area contributed by atoms with E-state index in [-0.39, 0.29) is 5.56 Å². The largest absolute Gasteiger partial charge is 0.370 e. The van der Waals surface area contributed by atoms with Crippen molar-refractivity contribution < 1.29 is 8.78 Å². The van der Waals surface area contributed by atoms with E-state index >= 15 is 0 Å². The van der Waals surface area contributed by atoms with Gasteiger partial charge in [-0.25, -0.2) is 8.78 Å². The van der Waals surface area contributed by atoms with Crippen molar-refractivity contribution >= 4 is 5.96 Å². The van der Waals surface area contributed by atoms with Crippen LogP contribution in [0, 0.1) is 17.6 Å². The molecule has 0 aromatic heterocycles. The lowest BCUT2D eigenvalue weighted by molar-refractivity contribution is 0.270. The third-order valence-electron chi connectivity index (χ3n) is 4.87. The van der Waals surface area contributed by atoms with E-state index in [0.29, 0.717) is 18.4 Å². The molecular formula is C17H23F2N3. The number of piperidine rings is 1. The summed E-state index contributed by atoms with van der Waals surface area (Å²) in [6.07, 6.45) is 3.86. The molecule has 3 rings (SSSR count). The van der Waals surface area contributed by atoms with Gasteiger partial charge in [0.2, 0.25) is 0 Å². The van der Waals surface area contributed by atoms with E-state index in [1.165, 1.54) is 24.6 Å². The lowest BCUT2D eigenvalue weighted by atomic mass is 9.95. The van der Waals surface area contributed by atoms with Crippen molar-refractivity contribution in [2.45, 2.75) is 38.0 Å². The Kier molecular flexibility index (Phi) is 4.06. The number of hydrogen-bond acceptors (Lipinski definition) is 1. The smallest absolute Gasteiger partial charge is 0.191 e. The van der Waals surface area contributed by atoms with Gasteiger partial charge < -0.3 is 10.6 Å². The van der Waals surface area contributed by atoms with Gasteiger partial charge in [-0.05, 0) is 43.7 Å². The van der Waals surface area contributed by atoms with Gasteiger partial charge in [0, 0.05) is 24.1 Å². The van der Waals surface area contributed by atoms with Crippen molar-refractivity contribution in [2.75, 3.05) is 19.6 Å². The predicted molar refractivity (Wildman–Crippen MR) is 83.7 cm³/mol. The van der Waals surface area contributed by atoms with Gasteiger partial charge in [-0.1, -0.05) is 13.0 Å². The number of hydrogen-bond donors (Lipinski definition) is 1. The highest BCUT2D eigenvalue weighted by Gasteiger charge is 2.47. The zero-order valence-electron chi connectivity index (χ0n) is 13.0. The van der Waals surface area contributed by atoms with Gasteiger partial charge in [0.25, 0.3) is 0 Å². The molecule has 0 amide bonds. The summed E-state index contributed by atoms with van der Waals surface area (Å²) in [6, 6.07) is 4.03. The molecule has 0 bridgehead atoms. The minimum atomic E-state index is -0.499. The minimum absolute atomic E-state index is 0.179. The van der Waals surface area contributed by atoms with E-state index in [0.717, 1.165) is 32.4 Å². The second-order valence-corrected chi connectivity index (χ2v) is 6.74. The Bertz CT molecular complexity index is 561. The van der Waals surface area contributed by atoms with Crippen molar-refractivity contribution in [2.24, 2.45) is 16.6 Å². The van der Waals surface area contributed by atoms with E-state index in [2.05, 4.69) is 16.8 Å². The van der Waals surface area contributed by atoms with Crippen LogP contribution in [0.5, 0.6) is 0 Å². The maximum Gasteiger partial charge on any atom is 0.191 e. The summed E-state index contributed by atoms with van der Waals surface area (Å²) < 4.78 is 28.0. The Labute approximate surface area is 130 Å². The Morgan fingerprint density at radius 3 is 2.64 bits per heavy atom. The summed E-state index contributed by atoms with van der Waals surface area (Å²) in [6.45, 7) is 4.40. The topological polar surface area (TPSA) is 41.6 Å². The molecule has 2 fully saturated rings. The quantitative estimate of drug-likeness (QED) is 0.689. The van der Waals surface area contributed by atoms with E-state index in [1.807, 2.05) is 0 Å². The van der Waals surface area contributed by atoms with Crippen molar-refractivity contribution in [1.82, 2.24) is 4.90 Å². The number of aliphatic imine (C=N–C) groups is 1. The molecule has 1 aromatic rings. The normalized spacial score (nSPS) is 24.4. The molecule has 5 heteroatoms. The van der Waals surface area contributed by atoms with Crippen molar-refractivity contribution in [3.05, 3.63) is 35.4 Å². The second kappa shape index (κ2) is 5.86. The number of halogens is 2. The van der Waals surface area contributed by atoms with Crippen LogP contribution in [-0.4, -0.2) is 30.5 Å². The van der Waals surface area contributed by atoms with Gasteiger partial charge in [0.05, 0.1) is 6.54 Å². The number of benzene rings is 1. The SMILES string of the molecule is CC1CCCN(C(N)=NCC2(c3c(F)cccc3F)CC2)C1. The van der Waals surface area contributed by atoms with Crippen LogP contribution in [-0.2, 0) is 5.41 Å².